The number of aromatic nitrogens is 1. The zero-order valence-corrected chi connectivity index (χ0v) is 15.4. The van der Waals surface area contributed by atoms with E-state index in [4.69, 9.17) is 0 Å². The molecule has 134 valence electrons. The minimum atomic E-state index is -0.0101. The van der Waals surface area contributed by atoms with Gasteiger partial charge in [-0.2, -0.15) is 0 Å². The molecular weight excluding hydrogens is 312 g/mol. The molecule has 1 aliphatic heterocycles. The Bertz CT molecular complexity index is 742. The molecule has 2 aromatic rings. The number of carbonyl (C=O) groups excluding carboxylic acids is 1. The Morgan fingerprint density at radius 1 is 1.24 bits per heavy atom. The second kappa shape index (κ2) is 7.04. The van der Waals surface area contributed by atoms with E-state index in [1.54, 1.807) is 0 Å². The average Bonchev–Trinajstić information content (AvgIpc) is 3.23. The molecule has 1 aliphatic rings. The lowest BCUT2D eigenvalue weighted by atomic mass is 9.97. The van der Waals surface area contributed by atoms with Gasteiger partial charge in [0, 0.05) is 31.0 Å². The van der Waals surface area contributed by atoms with Crippen LogP contribution in [0.15, 0.2) is 42.7 Å². The number of carbonyl (C=O) groups is 1. The summed E-state index contributed by atoms with van der Waals surface area (Å²) in [5.74, 6) is 0.622. The van der Waals surface area contributed by atoms with E-state index in [9.17, 15) is 9.90 Å². The third-order valence-electron chi connectivity index (χ3n) is 4.99. The summed E-state index contributed by atoms with van der Waals surface area (Å²) in [6.07, 6.45) is 5.94. The molecule has 0 bridgehead atoms. The highest BCUT2D eigenvalue weighted by Crippen LogP contribution is 2.24. The van der Waals surface area contributed by atoms with Gasteiger partial charge in [0.2, 0.25) is 0 Å². The molecule has 25 heavy (non-hydrogen) atoms. The van der Waals surface area contributed by atoms with E-state index in [-0.39, 0.29) is 18.1 Å². The van der Waals surface area contributed by atoms with Crippen molar-refractivity contribution in [2.45, 2.75) is 45.8 Å². The van der Waals surface area contributed by atoms with Crippen LogP contribution in [0.1, 0.15) is 48.7 Å². The number of hydrogen-bond donors (Lipinski definition) is 1. The van der Waals surface area contributed by atoms with Crippen molar-refractivity contribution in [3.8, 4) is 0 Å². The second-order valence-corrected chi connectivity index (χ2v) is 8.07. The van der Waals surface area contributed by atoms with Crippen LogP contribution in [0.5, 0.6) is 0 Å². The van der Waals surface area contributed by atoms with Gasteiger partial charge < -0.3 is 14.6 Å². The van der Waals surface area contributed by atoms with Gasteiger partial charge in [-0.1, -0.05) is 24.3 Å². The molecule has 0 radical (unpaired) electrons. The van der Waals surface area contributed by atoms with Crippen LogP contribution in [0.4, 0.5) is 0 Å². The van der Waals surface area contributed by atoms with Gasteiger partial charge in [-0.25, -0.2) is 0 Å². The molecule has 1 aromatic carbocycles. The van der Waals surface area contributed by atoms with Gasteiger partial charge in [0.25, 0.3) is 5.91 Å². The fraction of sp³-hybridized carbons (Fsp3) is 0.476. The van der Waals surface area contributed by atoms with Crippen LogP contribution >= 0.6 is 0 Å². The maximum Gasteiger partial charge on any atom is 0.255 e. The molecule has 0 aliphatic carbocycles. The third-order valence-corrected chi connectivity index (χ3v) is 4.99. The van der Waals surface area contributed by atoms with Crippen molar-refractivity contribution in [2.75, 3.05) is 13.1 Å². The number of likely N-dealkylation sites (tertiary alicyclic amines) is 1. The Labute approximate surface area is 150 Å². The molecule has 0 spiro atoms. The Morgan fingerprint density at radius 2 is 2.00 bits per heavy atom. The largest absolute Gasteiger partial charge is 0.392 e. The van der Waals surface area contributed by atoms with Gasteiger partial charge in [-0.3, -0.25) is 4.79 Å². The number of aliphatic hydroxyl groups is 1. The van der Waals surface area contributed by atoms with Crippen molar-refractivity contribution in [1.82, 2.24) is 9.47 Å². The first-order valence-corrected chi connectivity index (χ1v) is 9.03. The second-order valence-electron chi connectivity index (χ2n) is 8.07. The van der Waals surface area contributed by atoms with Crippen LogP contribution in [-0.2, 0) is 18.6 Å². The van der Waals surface area contributed by atoms with E-state index in [1.807, 2.05) is 35.5 Å². The van der Waals surface area contributed by atoms with Gasteiger partial charge in [0.05, 0.1) is 12.2 Å². The quantitative estimate of drug-likeness (QED) is 0.927. The number of aliphatic hydroxyl groups excluding tert-OH is 1. The first kappa shape index (κ1) is 17.7. The monoisotopic (exact) mass is 340 g/mol. The number of hydrogen-bond acceptors (Lipinski definition) is 2. The van der Waals surface area contributed by atoms with Gasteiger partial charge >= 0.3 is 0 Å². The molecule has 0 saturated carbocycles. The number of nitrogens with zero attached hydrogens (tertiary/aromatic N) is 2. The molecule has 1 N–H and O–H groups in total. The Hall–Kier alpha value is -2.07. The van der Waals surface area contributed by atoms with Crippen LogP contribution in [0.3, 0.4) is 0 Å². The van der Waals surface area contributed by atoms with Crippen molar-refractivity contribution in [1.29, 1.82) is 0 Å². The lowest BCUT2D eigenvalue weighted by molar-refractivity contribution is 0.0787. The number of amides is 1. The van der Waals surface area contributed by atoms with Gasteiger partial charge in [-0.05, 0) is 56.7 Å². The molecule has 1 saturated heterocycles. The third kappa shape index (κ3) is 4.13. The first-order valence-electron chi connectivity index (χ1n) is 9.03. The van der Waals surface area contributed by atoms with Crippen LogP contribution in [0, 0.1) is 5.92 Å². The van der Waals surface area contributed by atoms with E-state index in [1.165, 1.54) is 5.56 Å². The van der Waals surface area contributed by atoms with E-state index in [0.29, 0.717) is 5.92 Å². The Morgan fingerprint density at radius 3 is 2.68 bits per heavy atom. The lowest BCUT2D eigenvalue weighted by Crippen LogP contribution is -2.29. The van der Waals surface area contributed by atoms with E-state index >= 15 is 0 Å². The average molecular weight is 340 g/mol. The van der Waals surface area contributed by atoms with Gasteiger partial charge in [-0.15, -0.1) is 0 Å². The summed E-state index contributed by atoms with van der Waals surface area (Å²) < 4.78 is 2.09. The normalized spacial score (nSPS) is 17.9. The summed E-state index contributed by atoms with van der Waals surface area (Å²) in [5.41, 5.74) is 2.96. The minimum absolute atomic E-state index is 0.0101. The predicted octanol–water partition coefficient (Wildman–Crippen LogP) is 3.44. The van der Waals surface area contributed by atoms with E-state index in [0.717, 1.165) is 37.1 Å². The lowest BCUT2D eigenvalue weighted by Gasteiger charge is -2.21. The highest BCUT2D eigenvalue weighted by Gasteiger charge is 2.28. The number of benzene rings is 1. The van der Waals surface area contributed by atoms with Crippen molar-refractivity contribution >= 4 is 5.91 Å². The minimum Gasteiger partial charge on any atom is -0.392 e. The van der Waals surface area contributed by atoms with Gasteiger partial charge in [0.1, 0.15) is 0 Å². The van der Waals surface area contributed by atoms with Gasteiger partial charge in [0.15, 0.2) is 0 Å². The molecule has 1 fully saturated rings. The summed E-state index contributed by atoms with van der Waals surface area (Å²) in [5, 5.41) is 9.27. The molecule has 0 unspecified atom stereocenters. The summed E-state index contributed by atoms with van der Waals surface area (Å²) >= 11 is 0. The molecular formula is C21H28N2O2. The number of rotatable bonds is 4. The molecule has 1 amide bonds. The van der Waals surface area contributed by atoms with Crippen molar-refractivity contribution in [2.24, 2.45) is 5.92 Å². The maximum atomic E-state index is 12.8. The van der Waals surface area contributed by atoms with Crippen LogP contribution in [0.25, 0.3) is 0 Å². The van der Waals surface area contributed by atoms with E-state index in [2.05, 4.69) is 37.5 Å². The van der Waals surface area contributed by atoms with Crippen LogP contribution < -0.4 is 0 Å². The molecule has 4 heteroatoms. The molecule has 3 rings (SSSR count). The zero-order valence-electron chi connectivity index (χ0n) is 15.4. The smallest absolute Gasteiger partial charge is 0.255 e. The fourth-order valence-corrected chi connectivity index (χ4v) is 3.49. The molecule has 4 nitrogen and oxygen atoms in total. The first-order chi connectivity index (χ1) is 11.9. The Kier molecular flexibility index (Phi) is 5.00. The summed E-state index contributed by atoms with van der Waals surface area (Å²) in [4.78, 5) is 14.7. The topological polar surface area (TPSA) is 45.5 Å². The predicted molar refractivity (Wildman–Crippen MR) is 99.5 cm³/mol. The van der Waals surface area contributed by atoms with Crippen LogP contribution in [-0.4, -0.2) is 33.6 Å². The van der Waals surface area contributed by atoms with Crippen molar-refractivity contribution in [3.05, 3.63) is 59.4 Å². The SMILES string of the molecule is CC(C)(C)n1ccc(C(=O)N2CC[C@H](Cc3cccc(CO)c3)C2)c1. The van der Waals surface area contributed by atoms with E-state index < -0.39 is 0 Å². The molecule has 2 heterocycles. The van der Waals surface area contributed by atoms with Crippen molar-refractivity contribution in [3.63, 3.8) is 0 Å². The zero-order chi connectivity index (χ0) is 18.0. The fourth-order valence-electron chi connectivity index (χ4n) is 3.49. The Balaban J connectivity index is 1.62. The standard InChI is InChI=1S/C21H28N2O2/c1-21(2,3)23-10-8-19(14-23)20(25)22-9-7-17(13-22)11-16-5-4-6-18(12-16)15-24/h4-6,8,10,12,14,17,24H,7,9,11,13,15H2,1-3H3/t17-/m1/s1. The summed E-state index contributed by atoms with van der Waals surface area (Å²) in [6, 6.07) is 10.0. The van der Waals surface area contributed by atoms with Crippen LogP contribution in [0.2, 0.25) is 0 Å². The maximum absolute atomic E-state index is 12.8. The molecule has 1 atom stereocenters. The highest BCUT2D eigenvalue weighted by molar-refractivity contribution is 5.94. The summed E-state index contributed by atoms with van der Waals surface area (Å²) in [6.45, 7) is 8.11. The molecule has 1 aromatic heterocycles. The highest BCUT2D eigenvalue weighted by atomic mass is 16.3. The summed E-state index contributed by atoms with van der Waals surface area (Å²) in [7, 11) is 0. The van der Waals surface area contributed by atoms with Crippen molar-refractivity contribution < 1.29 is 9.90 Å².